The molecular formula is C16H24N2O2. The van der Waals surface area contributed by atoms with Crippen LogP contribution in [0.5, 0.6) is 0 Å². The first-order valence-corrected chi connectivity index (χ1v) is 7.64. The smallest absolute Gasteiger partial charge is 0.170 e. The van der Waals surface area contributed by atoms with E-state index in [-0.39, 0.29) is 6.29 Å². The average Bonchev–Trinajstić information content (AvgIpc) is 2.50. The van der Waals surface area contributed by atoms with Crippen molar-refractivity contribution in [1.82, 2.24) is 10.2 Å². The highest BCUT2D eigenvalue weighted by Crippen LogP contribution is 2.15. The molecule has 2 unspecified atom stereocenters. The molecule has 2 atom stereocenters. The van der Waals surface area contributed by atoms with Crippen molar-refractivity contribution in [2.75, 3.05) is 32.8 Å². The Morgan fingerprint density at radius 1 is 1.30 bits per heavy atom. The summed E-state index contributed by atoms with van der Waals surface area (Å²) in [6.07, 6.45) is 2.58. The summed E-state index contributed by atoms with van der Waals surface area (Å²) in [5.41, 5.74) is 1.35. The predicted octanol–water partition coefficient (Wildman–Crippen LogP) is 1.61. The summed E-state index contributed by atoms with van der Waals surface area (Å²) >= 11 is 0. The number of hydrogen-bond acceptors (Lipinski definition) is 4. The molecule has 4 nitrogen and oxygen atoms in total. The van der Waals surface area contributed by atoms with Crippen LogP contribution in [-0.2, 0) is 16.0 Å². The molecule has 0 bridgehead atoms. The van der Waals surface area contributed by atoms with Gasteiger partial charge >= 0.3 is 0 Å². The molecule has 110 valence electrons. The zero-order valence-corrected chi connectivity index (χ0v) is 12.0. The molecule has 2 aliphatic rings. The maximum atomic E-state index is 6.07. The third-order valence-electron chi connectivity index (χ3n) is 3.96. The summed E-state index contributed by atoms with van der Waals surface area (Å²) in [6, 6.07) is 10.6. The number of nitrogens with zero attached hydrogens (tertiary/aromatic N) is 1. The lowest BCUT2D eigenvalue weighted by atomic mass is 10.1. The van der Waals surface area contributed by atoms with E-state index in [2.05, 4.69) is 40.5 Å². The Morgan fingerprint density at radius 2 is 2.20 bits per heavy atom. The summed E-state index contributed by atoms with van der Waals surface area (Å²) in [4.78, 5) is 2.42. The second-order valence-electron chi connectivity index (χ2n) is 5.63. The van der Waals surface area contributed by atoms with Gasteiger partial charge in [-0.05, 0) is 24.9 Å². The molecule has 2 heterocycles. The van der Waals surface area contributed by atoms with Crippen molar-refractivity contribution >= 4 is 0 Å². The van der Waals surface area contributed by atoms with Gasteiger partial charge in [0.25, 0.3) is 0 Å². The van der Waals surface area contributed by atoms with Crippen molar-refractivity contribution in [3.8, 4) is 0 Å². The van der Waals surface area contributed by atoms with Gasteiger partial charge in [-0.25, -0.2) is 0 Å². The van der Waals surface area contributed by atoms with Crippen molar-refractivity contribution in [2.24, 2.45) is 0 Å². The van der Waals surface area contributed by atoms with Crippen LogP contribution in [0.1, 0.15) is 18.4 Å². The van der Waals surface area contributed by atoms with E-state index in [1.807, 2.05) is 0 Å². The fraction of sp³-hybridized carbons (Fsp3) is 0.625. The molecule has 2 saturated heterocycles. The van der Waals surface area contributed by atoms with Crippen molar-refractivity contribution in [3.05, 3.63) is 35.9 Å². The standard InChI is InChI=1S/C16H24N2O2/c1-2-5-14(6-3-1)12-18-9-10-19-16(13-18)20-15-7-4-8-17-11-15/h1-3,5-6,15-17H,4,7-13H2. The number of nitrogens with one attached hydrogen (secondary N) is 1. The Hall–Kier alpha value is -0.940. The van der Waals surface area contributed by atoms with Crippen LogP contribution in [0.4, 0.5) is 0 Å². The number of benzene rings is 1. The molecule has 3 rings (SSSR count). The largest absolute Gasteiger partial charge is 0.350 e. The lowest BCUT2D eigenvalue weighted by Gasteiger charge is -2.35. The Morgan fingerprint density at radius 3 is 3.00 bits per heavy atom. The van der Waals surface area contributed by atoms with Crippen LogP contribution in [0.25, 0.3) is 0 Å². The van der Waals surface area contributed by atoms with Crippen LogP contribution in [0.3, 0.4) is 0 Å². The Labute approximate surface area is 121 Å². The molecule has 4 heteroatoms. The lowest BCUT2D eigenvalue weighted by molar-refractivity contribution is -0.205. The van der Waals surface area contributed by atoms with Gasteiger partial charge in [-0.2, -0.15) is 0 Å². The van der Waals surface area contributed by atoms with Gasteiger partial charge in [0, 0.05) is 26.2 Å². The molecule has 2 fully saturated rings. The molecule has 1 N–H and O–H groups in total. The highest BCUT2D eigenvalue weighted by atomic mass is 16.7. The van der Waals surface area contributed by atoms with Crippen LogP contribution < -0.4 is 5.32 Å². The summed E-state index contributed by atoms with van der Waals surface area (Å²) in [5.74, 6) is 0. The van der Waals surface area contributed by atoms with E-state index in [0.29, 0.717) is 6.10 Å². The van der Waals surface area contributed by atoms with Crippen molar-refractivity contribution in [1.29, 1.82) is 0 Å². The van der Waals surface area contributed by atoms with E-state index < -0.39 is 0 Å². The molecule has 20 heavy (non-hydrogen) atoms. The fourth-order valence-corrected chi connectivity index (χ4v) is 2.89. The van der Waals surface area contributed by atoms with E-state index in [1.54, 1.807) is 0 Å². The normalized spacial score (nSPS) is 28.4. The van der Waals surface area contributed by atoms with Gasteiger partial charge in [0.2, 0.25) is 0 Å². The predicted molar refractivity (Wildman–Crippen MR) is 78.4 cm³/mol. The third-order valence-corrected chi connectivity index (χ3v) is 3.96. The maximum absolute atomic E-state index is 6.07. The first kappa shape index (κ1) is 14.0. The van der Waals surface area contributed by atoms with Gasteiger partial charge in [0.15, 0.2) is 6.29 Å². The summed E-state index contributed by atoms with van der Waals surface area (Å²) in [6.45, 7) is 5.66. The molecule has 0 saturated carbocycles. The van der Waals surface area contributed by atoms with Gasteiger partial charge in [0.1, 0.15) is 0 Å². The van der Waals surface area contributed by atoms with Gasteiger partial charge < -0.3 is 14.8 Å². The van der Waals surface area contributed by atoms with Crippen LogP contribution in [0.2, 0.25) is 0 Å². The number of ether oxygens (including phenoxy) is 2. The Kier molecular flexibility index (Phi) is 5.03. The van der Waals surface area contributed by atoms with Crippen molar-refractivity contribution in [3.63, 3.8) is 0 Å². The molecule has 0 amide bonds. The third kappa shape index (κ3) is 4.03. The second-order valence-corrected chi connectivity index (χ2v) is 5.63. The number of piperidine rings is 1. The summed E-state index contributed by atoms with van der Waals surface area (Å²) in [5, 5.41) is 3.38. The number of hydrogen-bond donors (Lipinski definition) is 1. The van der Waals surface area contributed by atoms with Crippen LogP contribution in [0, 0.1) is 0 Å². The topological polar surface area (TPSA) is 33.7 Å². The van der Waals surface area contributed by atoms with E-state index in [1.165, 1.54) is 12.0 Å². The van der Waals surface area contributed by atoms with E-state index in [0.717, 1.165) is 45.8 Å². The highest BCUT2D eigenvalue weighted by molar-refractivity contribution is 5.14. The van der Waals surface area contributed by atoms with Crippen LogP contribution in [-0.4, -0.2) is 50.1 Å². The van der Waals surface area contributed by atoms with Gasteiger partial charge in [0.05, 0.1) is 12.7 Å². The Balaban J connectivity index is 1.48. The number of rotatable bonds is 4. The zero-order valence-electron chi connectivity index (χ0n) is 12.0. The van der Waals surface area contributed by atoms with Crippen LogP contribution >= 0.6 is 0 Å². The monoisotopic (exact) mass is 276 g/mol. The molecule has 2 aliphatic heterocycles. The summed E-state index contributed by atoms with van der Waals surface area (Å²) < 4.78 is 11.8. The van der Waals surface area contributed by atoms with E-state index in [9.17, 15) is 0 Å². The summed E-state index contributed by atoms with van der Waals surface area (Å²) in [7, 11) is 0. The van der Waals surface area contributed by atoms with E-state index in [4.69, 9.17) is 9.47 Å². The first-order valence-electron chi connectivity index (χ1n) is 7.64. The Bertz CT molecular complexity index is 393. The molecule has 1 aromatic rings. The minimum absolute atomic E-state index is 0.0719. The van der Waals surface area contributed by atoms with E-state index >= 15 is 0 Å². The van der Waals surface area contributed by atoms with Gasteiger partial charge in [-0.1, -0.05) is 30.3 Å². The first-order chi connectivity index (χ1) is 9.90. The zero-order chi connectivity index (χ0) is 13.6. The fourth-order valence-electron chi connectivity index (χ4n) is 2.89. The van der Waals surface area contributed by atoms with Gasteiger partial charge in [-0.3, -0.25) is 4.90 Å². The molecule has 0 aromatic heterocycles. The van der Waals surface area contributed by atoms with Crippen molar-refractivity contribution in [2.45, 2.75) is 31.8 Å². The molecule has 0 aliphatic carbocycles. The molecule has 1 aromatic carbocycles. The highest BCUT2D eigenvalue weighted by Gasteiger charge is 2.25. The minimum Gasteiger partial charge on any atom is -0.350 e. The quantitative estimate of drug-likeness (QED) is 0.906. The molecular weight excluding hydrogens is 252 g/mol. The SMILES string of the molecule is c1ccc(CN2CCOC(OC3CCCNC3)C2)cc1. The molecule has 0 radical (unpaired) electrons. The van der Waals surface area contributed by atoms with Crippen molar-refractivity contribution < 1.29 is 9.47 Å². The average molecular weight is 276 g/mol. The minimum atomic E-state index is -0.0719. The van der Waals surface area contributed by atoms with Gasteiger partial charge in [-0.15, -0.1) is 0 Å². The number of morpholine rings is 1. The molecule has 0 spiro atoms. The lowest BCUT2D eigenvalue weighted by Crippen LogP contribution is -2.46. The van der Waals surface area contributed by atoms with Crippen LogP contribution in [0.15, 0.2) is 30.3 Å². The second kappa shape index (κ2) is 7.18. The maximum Gasteiger partial charge on any atom is 0.170 e.